The largest absolute Gasteiger partial charge is 0.350 e. The molecule has 2 heterocycles. The normalized spacial score (nSPS) is 19.3. The molecule has 0 spiro atoms. The second-order valence-corrected chi connectivity index (χ2v) is 8.34. The first kappa shape index (κ1) is 21.1. The molecule has 2 aliphatic heterocycles. The fourth-order valence-electron chi connectivity index (χ4n) is 4.05. The Morgan fingerprint density at radius 1 is 1.03 bits per heavy atom. The number of piperidine rings is 1. The van der Waals surface area contributed by atoms with Gasteiger partial charge in [-0.3, -0.25) is 14.4 Å². The lowest BCUT2D eigenvalue weighted by Crippen LogP contribution is -2.42. The molecule has 0 bridgehead atoms. The molecule has 2 aromatic rings. The molecule has 1 atom stereocenters. The number of nitrogens with one attached hydrogen (secondary N) is 1. The summed E-state index contributed by atoms with van der Waals surface area (Å²) in [4.78, 5) is 41.4. The Hall–Kier alpha value is -3.12. The number of benzene rings is 2. The molecule has 31 heavy (non-hydrogen) atoms. The van der Waals surface area contributed by atoms with E-state index in [-0.39, 0.29) is 22.7 Å². The van der Waals surface area contributed by atoms with Crippen LogP contribution in [0.4, 0.5) is 11.4 Å². The van der Waals surface area contributed by atoms with E-state index in [0.29, 0.717) is 16.9 Å². The molecule has 2 aliphatic rings. The zero-order valence-electron chi connectivity index (χ0n) is 17.5. The number of likely N-dealkylation sites (tertiary alicyclic amines) is 1. The Balaban J connectivity index is 1.51. The number of anilines is 2. The predicted octanol–water partition coefficient (Wildman–Crippen LogP) is 4.45. The van der Waals surface area contributed by atoms with Crippen molar-refractivity contribution in [1.29, 1.82) is 0 Å². The first-order valence-corrected chi connectivity index (χ1v) is 10.8. The quantitative estimate of drug-likeness (QED) is 0.717. The zero-order valence-corrected chi connectivity index (χ0v) is 18.3. The molecule has 4 rings (SSSR count). The molecule has 0 saturated carbocycles. The smallest absolute Gasteiger partial charge is 0.283 e. The number of carbonyl (C=O) groups excluding carboxylic acids is 3. The summed E-state index contributed by atoms with van der Waals surface area (Å²) >= 11 is 6.21. The Labute approximate surface area is 186 Å². The van der Waals surface area contributed by atoms with Crippen molar-refractivity contribution in [3.05, 3.63) is 70.4 Å². The van der Waals surface area contributed by atoms with Gasteiger partial charge in [0.15, 0.2) is 0 Å². The highest BCUT2D eigenvalue weighted by Gasteiger charge is 2.39. The summed E-state index contributed by atoms with van der Waals surface area (Å²) in [5, 5.41) is 2.80. The summed E-state index contributed by atoms with van der Waals surface area (Å²) in [6.45, 7) is 4.67. The van der Waals surface area contributed by atoms with Crippen LogP contribution in [-0.4, -0.2) is 35.2 Å². The van der Waals surface area contributed by atoms with Gasteiger partial charge in [0.2, 0.25) is 0 Å². The minimum Gasteiger partial charge on any atom is -0.350 e. The molecule has 3 amide bonds. The van der Waals surface area contributed by atoms with Gasteiger partial charge in [-0.2, -0.15) is 0 Å². The van der Waals surface area contributed by atoms with E-state index in [4.69, 9.17) is 11.6 Å². The summed E-state index contributed by atoms with van der Waals surface area (Å²) in [5.41, 5.74) is 2.49. The fraction of sp³-hybridized carbons (Fsp3) is 0.292. The highest BCUT2D eigenvalue weighted by molar-refractivity contribution is 6.53. The summed E-state index contributed by atoms with van der Waals surface area (Å²) in [5.74, 6) is -1.06. The first-order valence-electron chi connectivity index (χ1n) is 10.4. The van der Waals surface area contributed by atoms with Crippen LogP contribution >= 0.6 is 11.6 Å². The van der Waals surface area contributed by atoms with Crippen molar-refractivity contribution < 1.29 is 14.4 Å². The Bertz CT molecular complexity index is 1080. The summed E-state index contributed by atoms with van der Waals surface area (Å²) in [6, 6.07) is 14.3. The van der Waals surface area contributed by atoms with E-state index in [1.54, 1.807) is 36.4 Å². The Morgan fingerprint density at radius 3 is 2.42 bits per heavy atom. The van der Waals surface area contributed by atoms with Crippen molar-refractivity contribution in [3.63, 3.8) is 0 Å². The standard InChI is InChI=1S/C24H24ClN3O3/c1-15-7-3-4-9-19(15)28-23(30)20(25)21(24(28)31)26-18-12-10-17(11-13-18)22(29)27-14-6-5-8-16(27)2/h3-4,7,9-13,16,26H,5-6,8,14H2,1-2H3. The molecule has 6 nitrogen and oxygen atoms in total. The maximum Gasteiger partial charge on any atom is 0.283 e. The van der Waals surface area contributed by atoms with Gasteiger partial charge in [0.05, 0.1) is 5.69 Å². The third-order valence-corrected chi connectivity index (χ3v) is 6.20. The van der Waals surface area contributed by atoms with Crippen LogP contribution in [-0.2, 0) is 9.59 Å². The second kappa shape index (κ2) is 8.55. The van der Waals surface area contributed by atoms with Gasteiger partial charge in [0.1, 0.15) is 10.7 Å². The summed E-state index contributed by atoms with van der Waals surface area (Å²) in [7, 11) is 0. The van der Waals surface area contributed by atoms with E-state index >= 15 is 0 Å². The molecule has 2 aromatic carbocycles. The average Bonchev–Trinajstić information content (AvgIpc) is 2.98. The van der Waals surface area contributed by atoms with Gasteiger partial charge >= 0.3 is 0 Å². The SMILES string of the molecule is Cc1ccccc1N1C(=O)C(Cl)=C(Nc2ccc(C(=O)N3CCCCC3C)cc2)C1=O. The third-order valence-electron chi connectivity index (χ3n) is 5.85. The third kappa shape index (κ3) is 3.95. The van der Waals surface area contributed by atoms with Crippen LogP contribution in [0, 0.1) is 6.92 Å². The van der Waals surface area contributed by atoms with Crippen LogP contribution in [0.5, 0.6) is 0 Å². The zero-order chi connectivity index (χ0) is 22.1. The number of hydrogen-bond acceptors (Lipinski definition) is 4. The minimum absolute atomic E-state index is 0.00819. The lowest BCUT2D eigenvalue weighted by atomic mass is 10.0. The number of carbonyl (C=O) groups is 3. The van der Waals surface area contributed by atoms with Crippen molar-refractivity contribution in [1.82, 2.24) is 4.90 Å². The number of imide groups is 1. The molecule has 1 N–H and O–H groups in total. The number of aryl methyl sites for hydroxylation is 1. The lowest BCUT2D eigenvalue weighted by molar-refractivity contribution is -0.120. The van der Waals surface area contributed by atoms with E-state index in [1.165, 1.54) is 0 Å². The van der Waals surface area contributed by atoms with Crippen molar-refractivity contribution in [2.24, 2.45) is 0 Å². The van der Waals surface area contributed by atoms with E-state index in [2.05, 4.69) is 12.2 Å². The molecule has 0 aliphatic carbocycles. The van der Waals surface area contributed by atoms with Crippen LogP contribution in [0.1, 0.15) is 42.1 Å². The van der Waals surface area contributed by atoms with Gasteiger partial charge in [-0.05, 0) is 69.0 Å². The van der Waals surface area contributed by atoms with E-state index < -0.39 is 11.8 Å². The van der Waals surface area contributed by atoms with Crippen LogP contribution in [0.15, 0.2) is 59.3 Å². The number of rotatable bonds is 4. The second-order valence-electron chi connectivity index (χ2n) is 7.97. The Morgan fingerprint density at radius 2 is 1.74 bits per heavy atom. The van der Waals surface area contributed by atoms with Gasteiger partial charge in [0, 0.05) is 23.8 Å². The van der Waals surface area contributed by atoms with Crippen molar-refractivity contribution in [2.75, 3.05) is 16.8 Å². The van der Waals surface area contributed by atoms with Crippen molar-refractivity contribution in [2.45, 2.75) is 39.2 Å². The maximum atomic E-state index is 12.9. The van der Waals surface area contributed by atoms with Gasteiger partial charge in [0.25, 0.3) is 17.7 Å². The number of hydrogen-bond donors (Lipinski definition) is 1. The maximum absolute atomic E-state index is 12.9. The van der Waals surface area contributed by atoms with Crippen LogP contribution in [0.25, 0.3) is 0 Å². The van der Waals surface area contributed by atoms with Gasteiger partial charge < -0.3 is 10.2 Å². The molecular formula is C24H24ClN3O3. The lowest BCUT2D eigenvalue weighted by Gasteiger charge is -2.33. The molecule has 7 heteroatoms. The molecule has 160 valence electrons. The molecule has 0 aromatic heterocycles. The predicted molar refractivity (Wildman–Crippen MR) is 121 cm³/mol. The number of halogens is 1. The number of nitrogens with zero attached hydrogens (tertiary/aromatic N) is 2. The van der Waals surface area contributed by atoms with E-state index in [9.17, 15) is 14.4 Å². The van der Waals surface area contributed by atoms with Gasteiger partial charge in [-0.25, -0.2) is 4.90 Å². The fourth-order valence-corrected chi connectivity index (χ4v) is 4.26. The molecule has 1 unspecified atom stereocenters. The first-order chi connectivity index (χ1) is 14.9. The highest BCUT2D eigenvalue weighted by atomic mass is 35.5. The van der Waals surface area contributed by atoms with Crippen LogP contribution < -0.4 is 10.2 Å². The average molecular weight is 438 g/mol. The number of para-hydroxylation sites is 1. The molecule has 1 fully saturated rings. The molecule has 0 radical (unpaired) electrons. The topological polar surface area (TPSA) is 69.7 Å². The molecule has 1 saturated heterocycles. The van der Waals surface area contributed by atoms with Gasteiger partial charge in [-0.1, -0.05) is 29.8 Å². The van der Waals surface area contributed by atoms with Crippen LogP contribution in [0.3, 0.4) is 0 Å². The van der Waals surface area contributed by atoms with Gasteiger partial charge in [-0.15, -0.1) is 0 Å². The molecular weight excluding hydrogens is 414 g/mol. The highest BCUT2D eigenvalue weighted by Crippen LogP contribution is 2.32. The minimum atomic E-state index is -0.561. The summed E-state index contributed by atoms with van der Waals surface area (Å²) < 4.78 is 0. The number of amides is 3. The van der Waals surface area contributed by atoms with E-state index in [1.807, 2.05) is 24.0 Å². The van der Waals surface area contributed by atoms with E-state index in [0.717, 1.165) is 36.3 Å². The summed E-state index contributed by atoms with van der Waals surface area (Å²) in [6.07, 6.45) is 3.19. The Kier molecular flexibility index (Phi) is 5.83. The van der Waals surface area contributed by atoms with Crippen molar-refractivity contribution >= 4 is 40.7 Å². The van der Waals surface area contributed by atoms with Crippen LogP contribution in [0.2, 0.25) is 0 Å². The van der Waals surface area contributed by atoms with Crippen molar-refractivity contribution in [3.8, 4) is 0 Å². The monoisotopic (exact) mass is 437 g/mol.